The Morgan fingerprint density at radius 1 is 0.526 bits per heavy atom. The van der Waals surface area contributed by atoms with Crippen molar-refractivity contribution in [3.8, 4) is 0 Å². The lowest BCUT2D eigenvalue weighted by molar-refractivity contribution is 0.536. The van der Waals surface area contributed by atoms with E-state index in [1.807, 2.05) is 0 Å². The minimum atomic E-state index is -1.04. The van der Waals surface area contributed by atoms with E-state index in [-0.39, 0.29) is 0 Å². The van der Waals surface area contributed by atoms with Gasteiger partial charge in [0.1, 0.15) is 0 Å². The van der Waals surface area contributed by atoms with Crippen LogP contribution in [0.25, 0.3) is 0 Å². The molecule has 0 heterocycles. The average Bonchev–Trinajstić information content (AvgIpc) is 2.34. The first-order chi connectivity index (χ1) is 9.06. The summed E-state index contributed by atoms with van der Waals surface area (Å²) in [4.78, 5) is 0. The molecule has 3 heteroatoms. The summed E-state index contributed by atoms with van der Waals surface area (Å²) in [5.41, 5.74) is 0. The normalized spacial score (nSPS) is 12.0. The molecular weight excluding hydrogens is 299 g/mol. The third kappa shape index (κ3) is 18.9. The number of hydrogen-bond acceptors (Lipinski definition) is 0. The van der Waals surface area contributed by atoms with Crippen LogP contribution in [0.3, 0.4) is 0 Å². The van der Waals surface area contributed by atoms with Crippen molar-refractivity contribution in [1.82, 2.24) is 0 Å². The predicted octanol–water partition coefficient (Wildman–Crippen LogP) is 7.84. The SMILES string of the molecule is CCCCCCCCCCCCCCCC(Cl)(Cl)Cl. The minimum Gasteiger partial charge on any atom is -0.0837 e. The van der Waals surface area contributed by atoms with Crippen LogP contribution in [0.2, 0.25) is 0 Å². The van der Waals surface area contributed by atoms with Crippen molar-refractivity contribution in [2.75, 3.05) is 0 Å². The van der Waals surface area contributed by atoms with Gasteiger partial charge in [0, 0.05) is 0 Å². The lowest BCUT2D eigenvalue weighted by atomic mass is 10.0. The van der Waals surface area contributed by atoms with E-state index in [9.17, 15) is 0 Å². The molecule has 0 amide bonds. The standard InChI is InChI=1S/C16H31Cl3/c1-2-3-4-5-6-7-8-9-10-11-12-13-14-15-16(17,18)19/h2-15H2,1H3. The molecule has 0 fully saturated rings. The van der Waals surface area contributed by atoms with Crippen LogP contribution in [-0.4, -0.2) is 3.79 Å². The Labute approximate surface area is 135 Å². The molecule has 0 radical (unpaired) electrons. The van der Waals surface area contributed by atoms with Crippen molar-refractivity contribution in [3.05, 3.63) is 0 Å². The molecule has 0 N–H and O–H groups in total. The fourth-order valence-electron chi connectivity index (χ4n) is 2.34. The summed E-state index contributed by atoms with van der Waals surface area (Å²) in [6.07, 6.45) is 18.2. The Kier molecular flexibility index (Phi) is 14.5. The molecule has 0 aromatic heterocycles. The second kappa shape index (κ2) is 13.8. The molecule has 0 aliphatic heterocycles. The van der Waals surface area contributed by atoms with Crippen molar-refractivity contribution in [1.29, 1.82) is 0 Å². The van der Waals surface area contributed by atoms with E-state index in [2.05, 4.69) is 6.92 Å². The van der Waals surface area contributed by atoms with Gasteiger partial charge < -0.3 is 0 Å². The highest BCUT2D eigenvalue weighted by Crippen LogP contribution is 2.32. The highest BCUT2D eigenvalue weighted by Gasteiger charge is 2.17. The Hall–Kier alpha value is 0.870. The molecule has 0 saturated heterocycles. The fraction of sp³-hybridized carbons (Fsp3) is 1.00. The number of alkyl halides is 3. The van der Waals surface area contributed by atoms with Gasteiger partial charge in [0.2, 0.25) is 0 Å². The fourth-order valence-corrected chi connectivity index (χ4v) is 2.74. The van der Waals surface area contributed by atoms with Crippen LogP contribution >= 0.6 is 34.8 Å². The topological polar surface area (TPSA) is 0 Å². The Morgan fingerprint density at radius 3 is 1.16 bits per heavy atom. The maximum atomic E-state index is 5.71. The summed E-state index contributed by atoms with van der Waals surface area (Å²) >= 11 is 17.1. The first kappa shape index (κ1) is 19.9. The second-order valence-corrected chi connectivity index (χ2v) is 8.12. The number of hydrogen-bond donors (Lipinski definition) is 0. The van der Waals surface area contributed by atoms with E-state index in [1.54, 1.807) is 0 Å². The van der Waals surface area contributed by atoms with Gasteiger partial charge in [-0.05, 0) is 12.8 Å². The average molecular weight is 330 g/mol. The molecule has 116 valence electrons. The van der Waals surface area contributed by atoms with E-state index in [0.717, 1.165) is 6.42 Å². The summed E-state index contributed by atoms with van der Waals surface area (Å²) in [6.45, 7) is 2.27. The predicted molar refractivity (Wildman–Crippen MR) is 90.6 cm³/mol. The van der Waals surface area contributed by atoms with Gasteiger partial charge in [-0.25, -0.2) is 0 Å². The van der Waals surface area contributed by atoms with Crippen molar-refractivity contribution in [2.24, 2.45) is 0 Å². The van der Waals surface area contributed by atoms with E-state index >= 15 is 0 Å². The van der Waals surface area contributed by atoms with Crippen molar-refractivity contribution in [2.45, 2.75) is 101 Å². The van der Waals surface area contributed by atoms with Gasteiger partial charge in [0.25, 0.3) is 0 Å². The zero-order valence-electron chi connectivity index (χ0n) is 12.5. The zero-order valence-corrected chi connectivity index (χ0v) is 14.8. The highest BCUT2D eigenvalue weighted by molar-refractivity contribution is 6.67. The van der Waals surface area contributed by atoms with Crippen LogP contribution < -0.4 is 0 Å². The Morgan fingerprint density at radius 2 is 0.842 bits per heavy atom. The van der Waals surface area contributed by atoms with Crippen LogP contribution in [-0.2, 0) is 0 Å². The quantitative estimate of drug-likeness (QED) is 0.238. The molecule has 0 bridgehead atoms. The van der Waals surface area contributed by atoms with Crippen molar-refractivity contribution in [3.63, 3.8) is 0 Å². The van der Waals surface area contributed by atoms with Gasteiger partial charge >= 0.3 is 0 Å². The van der Waals surface area contributed by atoms with E-state index in [0.29, 0.717) is 6.42 Å². The van der Waals surface area contributed by atoms with E-state index in [4.69, 9.17) is 34.8 Å². The molecule has 0 aromatic rings. The summed E-state index contributed by atoms with van der Waals surface area (Å²) < 4.78 is -1.04. The first-order valence-corrected chi connectivity index (χ1v) is 9.26. The van der Waals surface area contributed by atoms with Gasteiger partial charge in [-0.3, -0.25) is 0 Å². The van der Waals surface area contributed by atoms with Gasteiger partial charge in [-0.2, -0.15) is 0 Å². The maximum absolute atomic E-state index is 5.71. The smallest absolute Gasteiger partial charge is 0.0837 e. The van der Waals surface area contributed by atoms with Gasteiger partial charge in [-0.1, -0.05) is 119 Å². The number of unbranched alkanes of at least 4 members (excludes halogenated alkanes) is 12. The van der Waals surface area contributed by atoms with Crippen LogP contribution in [0, 0.1) is 0 Å². The third-order valence-corrected chi connectivity index (χ3v) is 4.13. The monoisotopic (exact) mass is 328 g/mol. The van der Waals surface area contributed by atoms with Crippen molar-refractivity contribution >= 4 is 34.8 Å². The van der Waals surface area contributed by atoms with Gasteiger partial charge in [-0.15, -0.1) is 0 Å². The summed E-state index contributed by atoms with van der Waals surface area (Å²) in [5, 5.41) is 0. The highest BCUT2D eigenvalue weighted by atomic mass is 35.6. The molecule has 19 heavy (non-hydrogen) atoms. The third-order valence-electron chi connectivity index (χ3n) is 3.56. The molecule has 0 nitrogen and oxygen atoms in total. The molecule has 0 aliphatic carbocycles. The van der Waals surface area contributed by atoms with Crippen LogP contribution in [0.5, 0.6) is 0 Å². The summed E-state index contributed by atoms with van der Waals surface area (Å²) in [6, 6.07) is 0. The number of rotatable bonds is 13. The second-order valence-electron chi connectivity index (χ2n) is 5.61. The molecule has 0 aliphatic rings. The molecule has 0 aromatic carbocycles. The lowest BCUT2D eigenvalue weighted by Gasteiger charge is -2.09. The van der Waals surface area contributed by atoms with Gasteiger partial charge in [0.05, 0.1) is 0 Å². The van der Waals surface area contributed by atoms with Crippen LogP contribution in [0.1, 0.15) is 96.8 Å². The van der Waals surface area contributed by atoms with Crippen LogP contribution in [0.15, 0.2) is 0 Å². The van der Waals surface area contributed by atoms with E-state index in [1.165, 1.54) is 77.0 Å². The molecule has 0 spiro atoms. The van der Waals surface area contributed by atoms with Gasteiger partial charge in [0.15, 0.2) is 3.79 Å². The Bertz CT molecular complexity index is 175. The maximum Gasteiger partial charge on any atom is 0.190 e. The largest absolute Gasteiger partial charge is 0.190 e. The number of halogens is 3. The van der Waals surface area contributed by atoms with Crippen molar-refractivity contribution < 1.29 is 0 Å². The molecule has 0 saturated carbocycles. The first-order valence-electron chi connectivity index (χ1n) is 8.13. The summed E-state index contributed by atoms with van der Waals surface area (Å²) in [5.74, 6) is 0. The van der Waals surface area contributed by atoms with E-state index < -0.39 is 3.79 Å². The van der Waals surface area contributed by atoms with Crippen LogP contribution in [0.4, 0.5) is 0 Å². The summed E-state index contributed by atoms with van der Waals surface area (Å²) in [7, 11) is 0. The Balaban J connectivity index is 2.99. The molecular formula is C16H31Cl3. The minimum absolute atomic E-state index is 0.690. The molecule has 0 atom stereocenters. The molecule has 0 unspecified atom stereocenters. The zero-order chi connectivity index (χ0) is 14.4. The lowest BCUT2D eigenvalue weighted by Crippen LogP contribution is -2.00. The molecule has 0 rings (SSSR count).